The molecular formula is C26H49N5O12. The maximum atomic E-state index is 13.1. The summed E-state index contributed by atoms with van der Waals surface area (Å²) in [5, 5.41) is 75.3. The fourth-order valence-electron chi connectivity index (χ4n) is 6.46. The third kappa shape index (κ3) is 7.71. The molecule has 250 valence electrons. The number of nitrogens with two attached hydrogens (primary N) is 4. The second kappa shape index (κ2) is 14.6. The van der Waals surface area contributed by atoms with Crippen molar-refractivity contribution in [3.05, 3.63) is 0 Å². The normalized spacial score (nSPS) is 49.0. The van der Waals surface area contributed by atoms with Crippen LogP contribution in [-0.4, -0.2) is 159 Å². The summed E-state index contributed by atoms with van der Waals surface area (Å²) in [5.74, 6) is -1.27. The second-order valence-electron chi connectivity index (χ2n) is 12.4. The van der Waals surface area contributed by atoms with Gasteiger partial charge in [-0.1, -0.05) is 0 Å². The van der Waals surface area contributed by atoms with E-state index >= 15 is 0 Å². The molecule has 2 aliphatic carbocycles. The Bertz CT molecular complexity index is 916. The fourth-order valence-corrected chi connectivity index (χ4v) is 6.46. The van der Waals surface area contributed by atoms with Gasteiger partial charge in [-0.25, -0.2) is 0 Å². The van der Waals surface area contributed by atoms with Crippen LogP contribution in [0.5, 0.6) is 0 Å². The van der Waals surface area contributed by atoms with Crippen molar-refractivity contribution in [2.45, 2.75) is 123 Å². The summed E-state index contributed by atoms with van der Waals surface area (Å²) in [6.07, 6.45) is -12.2. The maximum Gasteiger partial charge on any atom is 0.186 e. The molecule has 43 heavy (non-hydrogen) atoms. The first-order valence-corrected chi connectivity index (χ1v) is 14.8. The summed E-state index contributed by atoms with van der Waals surface area (Å²) in [7, 11) is 0. The number of rotatable bonds is 12. The number of ketones is 1. The summed E-state index contributed by atoms with van der Waals surface area (Å²) in [5.41, 5.74) is 22.8. The summed E-state index contributed by atoms with van der Waals surface area (Å²) >= 11 is 0. The van der Waals surface area contributed by atoms with E-state index in [-0.39, 0.29) is 57.8 Å². The van der Waals surface area contributed by atoms with Crippen LogP contribution in [0.3, 0.4) is 0 Å². The van der Waals surface area contributed by atoms with E-state index in [1.807, 2.05) is 0 Å². The number of carbonyl (C=O) groups excluding carboxylic acids is 1. The van der Waals surface area contributed by atoms with Crippen LogP contribution < -0.4 is 28.3 Å². The number of hydrogen-bond acceptors (Lipinski definition) is 17. The quantitative estimate of drug-likeness (QED) is 0.0899. The first-order valence-electron chi connectivity index (χ1n) is 14.8. The number of carbonyl (C=O) groups is 1. The Morgan fingerprint density at radius 3 is 2.14 bits per heavy atom. The first-order chi connectivity index (χ1) is 20.3. The Morgan fingerprint density at radius 2 is 1.51 bits per heavy atom. The third-order valence-electron chi connectivity index (χ3n) is 9.06. The van der Waals surface area contributed by atoms with Crippen LogP contribution in [-0.2, 0) is 23.7 Å². The lowest BCUT2D eigenvalue weighted by atomic mass is 9.69. The van der Waals surface area contributed by atoms with Crippen molar-refractivity contribution in [3.8, 4) is 0 Å². The minimum atomic E-state index is -1.61. The molecule has 4 fully saturated rings. The average molecular weight is 624 g/mol. The zero-order chi connectivity index (χ0) is 31.6. The highest BCUT2D eigenvalue weighted by Crippen LogP contribution is 2.39. The highest BCUT2D eigenvalue weighted by molar-refractivity contribution is 5.88. The molecule has 14 atom stereocenters. The molecule has 0 aromatic heterocycles. The second-order valence-corrected chi connectivity index (χ2v) is 12.4. The van der Waals surface area contributed by atoms with Crippen molar-refractivity contribution in [3.63, 3.8) is 0 Å². The van der Waals surface area contributed by atoms with Crippen molar-refractivity contribution in [1.82, 2.24) is 5.32 Å². The number of ether oxygens (including phenoxy) is 4. The van der Waals surface area contributed by atoms with E-state index in [1.54, 1.807) is 0 Å². The maximum absolute atomic E-state index is 13.1. The van der Waals surface area contributed by atoms with Crippen molar-refractivity contribution in [1.29, 1.82) is 0 Å². The largest absolute Gasteiger partial charge is 0.395 e. The van der Waals surface area contributed by atoms with Gasteiger partial charge in [-0.15, -0.1) is 0 Å². The predicted molar refractivity (Wildman–Crippen MR) is 147 cm³/mol. The number of hydrogen-bond donors (Lipinski definition) is 12. The number of nitrogens with one attached hydrogen (secondary N) is 1. The van der Waals surface area contributed by atoms with E-state index in [4.69, 9.17) is 47.0 Å². The smallest absolute Gasteiger partial charge is 0.186 e. The average Bonchev–Trinajstić information content (AvgIpc) is 2.94. The van der Waals surface area contributed by atoms with Crippen LogP contribution in [0.4, 0.5) is 0 Å². The Labute approximate surface area is 249 Å². The molecule has 2 aliphatic heterocycles. The molecule has 4 aliphatic rings. The van der Waals surface area contributed by atoms with Crippen LogP contribution in [0.15, 0.2) is 0 Å². The minimum absolute atomic E-state index is 0.0766. The number of Topliss-reactive ketones (excluding diaryl/α,β-unsaturated/α-hetero) is 1. The Balaban J connectivity index is 1.52. The molecule has 0 unspecified atom stereocenters. The molecule has 2 saturated heterocycles. The highest BCUT2D eigenvalue weighted by Gasteiger charge is 2.53. The zero-order valence-corrected chi connectivity index (χ0v) is 24.0. The SMILES string of the molecule is NC1CC(O)(C(=O)C[C@@H]2C[C@H](N)[C@@H](O[C@H]3O[C@H](CNCCO)[C@@H](O)C[C@H]3N)[C@H](O)[C@H]2O[C@H]2O[C@H](CO)[C@@H](O)[C@H](N)[C@H]2O)C1. The van der Waals surface area contributed by atoms with Gasteiger partial charge in [-0.3, -0.25) is 4.79 Å². The molecule has 17 heteroatoms. The highest BCUT2D eigenvalue weighted by atomic mass is 16.7. The van der Waals surface area contributed by atoms with Crippen molar-refractivity contribution in [2.75, 3.05) is 26.3 Å². The van der Waals surface area contributed by atoms with Gasteiger partial charge in [0.2, 0.25) is 0 Å². The van der Waals surface area contributed by atoms with Gasteiger partial charge in [0.15, 0.2) is 18.4 Å². The van der Waals surface area contributed by atoms with Gasteiger partial charge in [-0.2, -0.15) is 0 Å². The zero-order valence-electron chi connectivity index (χ0n) is 24.0. The van der Waals surface area contributed by atoms with E-state index < -0.39 is 103 Å². The number of aliphatic hydroxyl groups excluding tert-OH is 6. The molecule has 0 radical (unpaired) electrons. The topological polar surface area (TPSA) is 312 Å². The lowest BCUT2D eigenvalue weighted by Gasteiger charge is -2.49. The molecular weight excluding hydrogens is 574 g/mol. The summed E-state index contributed by atoms with van der Waals surface area (Å²) < 4.78 is 23.6. The predicted octanol–water partition coefficient (Wildman–Crippen LogP) is -6.57. The van der Waals surface area contributed by atoms with Crippen molar-refractivity contribution in [2.24, 2.45) is 28.9 Å². The summed E-state index contributed by atoms with van der Waals surface area (Å²) in [6.45, 7) is -0.255. The van der Waals surface area contributed by atoms with Gasteiger partial charge in [0, 0.05) is 31.6 Å². The lowest BCUT2D eigenvalue weighted by molar-refractivity contribution is -0.320. The van der Waals surface area contributed by atoms with E-state index in [9.17, 15) is 35.4 Å². The molecule has 0 spiro atoms. The molecule has 4 rings (SSSR count). The molecule has 0 bridgehead atoms. The van der Waals surface area contributed by atoms with Gasteiger partial charge in [0.05, 0.1) is 43.6 Å². The van der Waals surface area contributed by atoms with Gasteiger partial charge in [0.25, 0.3) is 0 Å². The standard InChI is InChI=1S/C26H49N5O12/c27-11-6-26(39,7-11)17(35)4-10-3-12(28)23(43-24-13(29)5-14(34)15(40-24)8-31-1-2-32)21(38)22(10)42-25-20(37)18(30)19(36)16(9-33)41-25/h10-16,18-25,31-34,36-39H,1-9,27-30H2/t10-,11?,12-,13+,14-,15+,16+,18-,19+,20+,21+,22-,23+,24+,25+,26?/m0/s1. The molecule has 2 saturated carbocycles. The van der Waals surface area contributed by atoms with E-state index in [0.717, 1.165) is 0 Å². The van der Waals surface area contributed by atoms with Crippen LogP contribution in [0.25, 0.3) is 0 Å². The Hall–Kier alpha value is -0.970. The monoisotopic (exact) mass is 623 g/mol. The fraction of sp³-hybridized carbons (Fsp3) is 0.962. The van der Waals surface area contributed by atoms with Crippen LogP contribution in [0.1, 0.15) is 32.1 Å². The van der Waals surface area contributed by atoms with E-state index in [2.05, 4.69) is 5.32 Å². The first kappa shape index (κ1) is 34.9. The Kier molecular flexibility index (Phi) is 11.9. The van der Waals surface area contributed by atoms with Crippen LogP contribution in [0.2, 0.25) is 0 Å². The molecule has 0 aromatic carbocycles. The molecule has 16 N–H and O–H groups in total. The lowest BCUT2D eigenvalue weighted by Crippen LogP contribution is -2.66. The number of aliphatic hydroxyl groups is 7. The van der Waals surface area contributed by atoms with Gasteiger partial charge in [-0.05, 0) is 31.6 Å². The molecule has 17 nitrogen and oxygen atoms in total. The molecule has 2 heterocycles. The van der Waals surface area contributed by atoms with Gasteiger partial charge in [0.1, 0.15) is 36.1 Å². The summed E-state index contributed by atoms with van der Waals surface area (Å²) in [4.78, 5) is 13.1. The van der Waals surface area contributed by atoms with Crippen molar-refractivity contribution >= 4 is 5.78 Å². The van der Waals surface area contributed by atoms with Crippen LogP contribution >= 0.6 is 0 Å². The molecule has 0 amide bonds. The van der Waals surface area contributed by atoms with Crippen molar-refractivity contribution < 1.29 is 59.5 Å². The van der Waals surface area contributed by atoms with E-state index in [0.29, 0.717) is 0 Å². The Morgan fingerprint density at radius 1 is 0.860 bits per heavy atom. The minimum Gasteiger partial charge on any atom is -0.395 e. The van der Waals surface area contributed by atoms with Crippen LogP contribution in [0, 0.1) is 5.92 Å². The van der Waals surface area contributed by atoms with E-state index in [1.165, 1.54) is 0 Å². The van der Waals surface area contributed by atoms with Gasteiger partial charge < -0.3 is 82.9 Å². The molecule has 0 aromatic rings. The third-order valence-corrected chi connectivity index (χ3v) is 9.06. The van der Waals surface area contributed by atoms with Gasteiger partial charge >= 0.3 is 0 Å². The summed E-state index contributed by atoms with van der Waals surface area (Å²) in [6, 6.07) is -3.20.